The highest BCUT2D eigenvalue weighted by Crippen LogP contribution is 2.12. The Morgan fingerprint density at radius 1 is 1.24 bits per heavy atom. The standard InChI is InChI=1S/C19H25N5O/c1-2-9-21-19(22-11-8-17-6-5-16-25-17)24-14-12-23(13-15-24)18-7-3-4-10-20-18/h2-7,10,16H,1,8-9,11-15H2,(H,21,22). The predicted octanol–water partition coefficient (Wildman–Crippen LogP) is 2.17. The molecule has 25 heavy (non-hydrogen) atoms. The van der Waals surface area contributed by atoms with Crippen LogP contribution in [0.3, 0.4) is 0 Å². The first kappa shape index (κ1) is 17.1. The van der Waals surface area contributed by atoms with E-state index in [9.17, 15) is 0 Å². The van der Waals surface area contributed by atoms with Crippen LogP contribution >= 0.6 is 0 Å². The molecule has 6 heteroatoms. The number of rotatable bonds is 6. The Morgan fingerprint density at radius 3 is 2.80 bits per heavy atom. The number of nitrogens with zero attached hydrogens (tertiary/aromatic N) is 4. The summed E-state index contributed by atoms with van der Waals surface area (Å²) in [6.07, 6.45) is 6.20. The van der Waals surface area contributed by atoms with Crippen molar-refractivity contribution in [3.8, 4) is 0 Å². The molecule has 132 valence electrons. The lowest BCUT2D eigenvalue weighted by atomic mass is 10.3. The topological polar surface area (TPSA) is 56.9 Å². The quantitative estimate of drug-likeness (QED) is 0.497. The number of hydrogen-bond donors (Lipinski definition) is 1. The highest BCUT2D eigenvalue weighted by Gasteiger charge is 2.20. The van der Waals surface area contributed by atoms with Gasteiger partial charge in [-0.3, -0.25) is 4.99 Å². The molecule has 0 atom stereocenters. The summed E-state index contributed by atoms with van der Waals surface area (Å²) in [5.74, 6) is 2.94. The summed E-state index contributed by atoms with van der Waals surface area (Å²) < 4.78 is 5.37. The number of nitrogens with one attached hydrogen (secondary N) is 1. The smallest absolute Gasteiger partial charge is 0.194 e. The van der Waals surface area contributed by atoms with Gasteiger partial charge < -0.3 is 19.5 Å². The fourth-order valence-electron chi connectivity index (χ4n) is 2.85. The summed E-state index contributed by atoms with van der Waals surface area (Å²) in [4.78, 5) is 13.8. The summed E-state index contributed by atoms with van der Waals surface area (Å²) in [6.45, 7) is 8.90. The van der Waals surface area contributed by atoms with Crippen molar-refractivity contribution in [2.45, 2.75) is 6.42 Å². The van der Waals surface area contributed by atoms with Crippen molar-refractivity contribution in [1.82, 2.24) is 15.2 Å². The minimum atomic E-state index is 0.702. The summed E-state index contributed by atoms with van der Waals surface area (Å²) >= 11 is 0. The number of guanidine groups is 1. The molecule has 3 heterocycles. The van der Waals surface area contributed by atoms with Gasteiger partial charge in [-0.2, -0.15) is 0 Å². The Balaban J connectivity index is 1.56. The summed E-state index contributed by atoms with van der Waals surface area (Å²) in [5, 5.41) is 3.37. The third kappa shape index (κ3) is 4.86. The maximum absolute atomic E-state index is 5.37. The predicted molar refractivity (Wildman–Crippen MR) is 101 cm³/mol. The van der Waals surface area contributed by atoms with Crippen LogP contribution < -0.4 is 10.2 Å². The largest absolute Gasteiger partial charge is 0.469 e. The molecular weight excluding hydrogens is 314 g/mol. The van der Waals surface area contributed by atoms with Gasteiger partial charge in [0.2, 0.25) is 0 Å². The van der Waals surface area contributed by atoms with Crippen molar-refractivity contribution < 1.29 is 4.42 Å². The molecule has 0 radical (unpaired) electrons. The normalized spacial score (nSPS) is 15.3. The fourth-order valence-corrected chi connectivity index (χ4v) is 2.85. The molecule has 0 unspecified atom stereocenters. The van der Waals surface area contributed by atoms with E-state index < -0.39 is 0 Å². The maximum atomic E-state index is 5.37. The van der Waals surface area contributed by atoms with Gasteiger partial charge in [-0.05, 0) is 24.3 Å². The second kappa shape index (κ2) is 8.92. The first-order valence-corrected chi connectivity index (χ1v) is 8.69. The van der Waals surface area contributed by atoms with E-state index in [-0.39, 0.29) is 0 Å². The van der Waals surface area contributed by atoms with Crippen LogP contribution in [0, 0.1) is 0 Å². The molecule has 3 rings (SSSR count). The van der Waals surface area contributed by atoms with Gasteiger partial charge in [-0.25, -0.2) is 4.98 Å². The Kier molecular flexibility index (Phi) is 6.09. The number of anilines is 1. The van der Waals surface area contributed by atoms with Gasteiger partial charge in [0.1, 0.15) is 11.6 Å². The van der Waals surface area contributed by atoms with Crippen LogP contribution in [0.4, 0.5) is 5.82 Å². The zero-order valence-corrected chi connectivity index (χ0v) is 14.5. The van der Waals surface area contributed by atoms with Crippen molar-refractivity contribution in [1.29, 1.82) is 0 Å². The number of furan rings is 1. The molecule has 0 aromatic carbocycles. The second-order valence-electron chi connectivity index (χ2n) is 5.87. The van der Waals surface area contributed by atoms with Gasteiger partial charge >= 0.3 is 0 Å². The van der Waals surface area contributed by atoms with Gasteiger partial charge in [0, 0.05) is 51.9 Å². The lowest BCUT2D eigenvalue weighted by Gasteiger charge is -2.37. The van der Waals surface area contributed by atoms with E-state index in [0.717, 1.165) is 50.1 Å². The lowest BCUT2D eigenvalue weighted by molar-refractivity contribution is 0.372. The summed E-state index contributed by atoms with van der Waals surface area (Å²) in [7, 11) is 0. The highest BCUT2D eigenvalue weighted by molar-refractivity contribution is 5.80. The molecule has 1 aliphatic heterocycles. The van der Waals surface area contributed by atoms with Crippen molar-refractivity contribution in [3.63, 3.8) is 0 Å². The van der Waals surface area contributed by atoms with E-state index in [2.05, 4.69) is 32.7 Å². The first-order valence-electron chi connectivity index (χ1n) is 8.69. The van der Waals surface area contributed by atoms with Crippen LogP contribution in [0.5, 0.6) is 0 Å². The first-order chi connectivity index (χ1) is 12.4. The molecule has 0 amide bonds. The minimum absolute atomic E-state index is 0.702. The molecule has 6 nitrogen and oxygen atoms in total. The van der Waals surface area contributed by atoms with Crippen LogP contribution in [-0.4, -0.2) is 55.1 Å². The summed E-state index contributed by atoms with van der Waals surface area (Å²) in [6, 6.07) is 9.93. The molecule has 1 saturated heterocycles. The third-order valence-corrected chi connectivity index (χ3v) is 4.16. The van der Waals surface area contributed by atoms with Crippen molar-refractivity contribution >= 4 is 11.8 Å². The second-order valence-corrected chi connectivity index (χ2v) is 5.87. The highest BCUT2D eigenvalue weighted by atomic mass is 16.3. The van der Waals surface area contributed by atoms with E-state index in [1.165, 1.54) is 0 Å². The Bertz CT molecular complexity index is 660. The Labute approximate surface area is 148 Å². The van der Waals surface area contributed by atoms with Gasteiger partial charge in [0.05, 0.1) is 6.26 Å². The van der Waals surface area contributed by atoms with Crippen molar-refractivity contribution in [3.05, 3.63) is 61.2 Å². The SMILES string of the molecule is C=CCNC(=NCCc1ccco1)N1CCN(c2ccccn2)CC1. The van der Waals surface area contributed by atoms with E-state index in [4.69, 9.17) is 9.41 Å². The fraction of sp³-hybridized carbons (Fsp3) is 0.368. The molecule has 0 saturated carbocycles. The maximum Gasteiger partial charge on any atom is 0.194 e. The molecular formula is C19H25N5O. The average molecular weight is 339 g/mol. The van der Waals surface area contributed by atoms with Crippen LogP contribution in [-0.2, 0) is 6.42 Å². The van der Waals surface area contributed by atoms with Gasteiger partial charge in [0.25, 0.3) is 0 Å². The Hall–Kier alpha value is -2.76. The Morgan fingerprint density at radius 2 is 2.12 bits per heavy atom. The molecule has 1 fully saturated rings. The molecule has 2 aromatic rings. The molecule has 0 bridgehead atoms. The minimum Gasteiger partial charge on any atom is -0.469 e. The van der Waals surface area contributed by atoms with E-state index >= 15 is 0 Å². The van der Waals surface area contributed by atoms with E-state index in [0.29, 0.717) is 13.1 Å². The number of piperazine rings is 1. The number of hydrogen-bond acceptors (Lipinski definition) is 4. The van der Waals surface area contributed by atoms with E-state index in [1.807, 2.05) is 36.5 Å². The third-order valence-electron chi connectivity index (χ3n) is 4.16. The zero-order valence-electron chi connectivity index (χ0n) is 14.5. The number of pyridine rings is 1. The van der Waals surface area contributed by atoms with Gasteiger partial charge in [-0.15, -0.1) is 6.58 Å². The molecule has 1 aliphatic rings. The molecule has 0 spiro atoms. The molecule has 2 aromatic heterocycles. The van der Waals surface area contributed by atoms with Crippen LogP contribution in [0.2, 0.25) is 0 Å². The van der Waals surface area contributed by atoms with Crippen molar-refractivity contribution in [2.75, 3.05) is 44.2 Å². The average Bonchev–Trinajstić information content (AvgIpc) is 3.19. The lowest BCUT2D eigenvalue weighted by Crippen LogP contribution is -2.52. The van der Waals surface area contributed by atoms with Gasteiger partial charge in [-0.1, -0.05) is 12.1 Å². The van der Waals surface area contributed by atoms with Crippen LogP contribution in [0.25, 0.3) is 0 Å². The molecule has 1 N–H and O–H groups in total. The van der Waals surface area contributed by atoms with E-state index in [1.54, 1.807) is 6.26 Å². The monoisotopic (exact) mass is 339 g/mol. The number of aliphatic imine (C=N–C) groups is 1. The van der Waals surface area contributed by atoms with Crippen LogP contribution in [0.1, 0.15) is 5.76 Å². The van der Waals surface area contributed by atoms with Crippen molar-refractivity contribution in [2.24, 2.45) is 4.99 Å². The molecule has 0 aliphatic carbocycles. The summed E-state index contributed by atoms with van der Waals surface area (Å²) in [5.41, 5.74) is 0. The zero-order chi connectivity index (χ0) is 17.3. The van der Waals surface area contributed by atoms with Crippen LogP contribution in [0.15, 0.2) is 64.9 Å². The van der Waals surface area contributed by atoms with Gasteiger partial charge in [0.15, 0.2) is 5.96 Å². The number of aromatic nitrogens is 1.